The van der Waals surface area contributed by atoms with E-state index in [1.807, 2.05) is 0 Å². The molecule has 4 rings (SSSR count). The fourth-order valence-electron chi connectivity index (χ4n) is 7.34. The molecule has 0 aromatic carbocycles. The van der Waals surface area contributed by atoms with E-state index in [0.717, 1.165) is 36.0 Å². The zero-order valence-corrected chi connectivity index (χ0v) is 15.3. The number of hydrogen-bond donors (Lipinski definition) is 1. The lowest BCUT2D eigenvalue weighted by Crippen LogP contribution is -2.61. The number of carbonyl (C=O) groups excluding carboxylic acids is 1. The molecule has 1 N–H and O–H groups in total. The molecule has 23 heavy (non-hydrogen) atoms. The molecular formula is C21H33NO. The van der Waals surface area contributed by atoms with Crippen molar-refractivity contribution in [1.29, 1.82) is 0 Å². The minimum Gasteiger partial charge on any atom is -0.353 e. The van der Waals surface area contributed by atoms with Crippen LogP contribution in [0, 0.1) is 40.9 Å². The molecule has 2 heteroatoms. The predicted molar refractivity (Wildman–Crippen MR) is 93.8 cm³/mol. The van der Waals surface area contributed by atoms with Crippen molar-refractivity contribution < 1.29 is 4.79 Å². The third kappa shape index (κ3) is 2.31. The molecule has 0 saturated heterocycles. The first-order valence-electron chi connectivity index (χ1n) is 9.77. The van der Waals surface area contributed by atoms with Gasteiger partial charge in [-0.15, -0.1) is 0 Å². The summed E-state index contributed by atoms with van der Waals surface area (Å²) >= 11 is 0. The standard InChI is InChI=1S/C21H33NO/c1-13-9-15-11-20(2,3)10-14-5-6-17-19(18(14)15)16(13)7-8-21(17,4)22-12-23/h10,12-13,15-19H,5-9,11H2,1-4H3,(H,22,23)/t13-,15-,16+,17-,18-,19+,21-/m0/s1. The molecule has 0 spiro atoms. The molecule has 3 fully saturated rings. The largest absolute Gasteiger partial charge is 0.353 e. The average molecular weight is 316 g/mol. The Morgan fingerprint density at radius 1 is 1.26 bits per heavy atom. The topological polar surface area (TPSA) is 29.1 Å². The quantitative estimate of drug-likeness (QED) is 0.587. The molecule has 2 nitrogen and oxygen atoms in total. The molecule has 0 aliphatic heterocycles. The summed E-state index contributed by atoms with van der Waals surface area (Å²) in [7, 11) is 0. The Hall–Kier alpha value is -0.790. The summed E-state index contributed by atoms with van der Waals surface area (Å²) in [6.45, 7) is 9.68. The van der Waals surface area contributed by atoms with Crippen LogP contribution in [0.3, 0.4) is 0 Å². The maximum absolute atomic E-state index is 11.2. The van der Waals surface area contributed by atoms with Crippen molar-refractivity contribution in [2.24, 2.45) is 40.9 Å². The summed E-state index contributed by atoms with van der Waals surface area (Å²) in [5.74, 6) is 4.93. The minimum absolute atomic E-state index is 0.0308. The van der Waals surface area contributed by atoms with Crippen LogP contribution in [0.4, 0.5) is 0 Å². The van der Waals surface area contributed by atoms with Crippen LogP contribution in [0.1, 0.15) is 66.2 Å². The van der Waals surface area contributed by atoms with Crippen LogP contribution >= 0.6 is 0 Å². The van der Waals surface area contributed by atoms with Crippen LogP contribution in [0.2, 0.25) is 0 Å². The highest BCUT2D eigenvalue weighted by Crippen LogP contribution is 2.63. The average Bonchev–Trinajstić information content (AvgIpc) is 2.45. The molecule has 1 amide bonds. The van der Waals surface area contributed by atoms with Crippen LogP contribution in [0.5, 0.6) is 0 Å². The monoisotopic (exact) mass is 315 g/mol. The van der Waals surface area contributed by atoms with Crippen molar-refractivity contribution in [2.45, 2.75) is 71.8 Å². The van der Waals surface area contributed by atoms with E-state index >= 15 is 0 Å². The molecule has 128 valence electrons. The number of hydrogen-bond acceptors (Lipinski definition) is 1. The fourth-order valence-corrected chi connectivity index (χ4v) is 7.34. The maximum Gasteiger partial charge on any atom is 0.207 e. The number of rotatable bonds is 2. The van der Waals surface area contributed by atoms with Gasteiger partial charge in [0.1, 0.15) is 0 Å². The van der Waals surface area contributed by atoms with Crippen molar-refractivity contribution in [3.8, 4) is 0 Å². The van der Waals surface area contributed by atoms with Gasteiger partial charge >= 0.3 is 0 Å². The zero-order chi connectivity index (χ0) is 16.4. The molecule has 0 heterocycles. The van der Waals surface area contributed by atoms with Crippen LogP contribution in [-0.4, -0.2) is 11.9 Å². The van der Waals surface area contributed by atoms with Crippen LogP contribution in [0.25, 0.3) is 0 Å². The van der Waals surface area contributed by atoms with E-state index < -0.39 is 0 Å². The summed E-state index contributed by atoms with van der Waals surface area (Å²) in [5.41, 5.74) is 2.19. The smallest absolute Gasteiger partial charge is 0.207 e. The lowest BCUT2D eigenvalue weighted by atomic mass is 9.44. The van der Waals surface area contributed by atoms with Crippen molar-refractivity contribution in [3.63, 3.8) is 0 Å². The molecule has 0 bridgehead atoms. The van der Waals surface area contributed by atoms with Crippen LogP contribution in [-0.2, 0) is 4.79 Å². The van der Waals surface area contributed by atoms with Crippen LogP contribution in [0.15, 0.2) is 11.6 Å². The molecular weight excluding hydrogens is 282 g/mol. The summed E-state index contributed by atoms with van der Waals surface area (Å²) in [6, 6.07) is 0. The van der Waals surface area contributed by atoms with Crippen molar-refractivity contribution in [2.75, 3.05) is 0 Å². The van der Waals surface area contributed by atoms with Gasteiger partial charge in [0.2, 0.25) is 6.41 Å². The first-order chi connectivity index (χ1) is 10.8. The molecule has 0 aromatic rings. The molecule has 3 saturated carbocycles. The number of allylic oxidation sites excluding steroid dienone is 2. The first-order valence-corrected chi connectivity index (χ1v) is 9.77. The van der Waals surface area contributed by atoms with Gasteiger partial charge < -0.3 is 5.32 Å². The SMILES string of the molecule is C[C@H]1C[C@H]2CC(C)(C)C=C3CC[C@H]4[C@@H]([C@@H]1CC[C@]4(C)NC=O)[C@@H]32. The van der Waals surface area contributed by atoms with E-state index in [-0.39, 0.29) is 5.54 Å². The highest BCUT2D eigenvalue weighted by molar-refractivity contribution is 5.48. The van der Waals surface area contributed by atoms with E-state index in [0.29, 0.717) is 11.3 Å². The van der Waals surface area contributed by atoms with E-state index in [2.05, 4.69) is 39.1 Å². The van der Waals surface area contributed by atoms with Gasteiger partial charge in [-0.25, -0.2) is 0 Å². The van der Waals surface area contributed by atoms with Gasteiger partial charge in [-0.05, 0) is 86.4 Å². The second-order valence-corrected chi connectivity index (χ2v) is 10.0. The number of carbonyl (C=O) groups is 1. The third-order valence-electron chi connectivity index (χ3n) is 8.03. The van der Waals surface area contributed by atoms with E-state index in [1.54, 1.807) is 5.57 Å². The molecule has 0 unspecified atom stereocenters. The Bertz CT molecular complexity index is 536. The lowest BCUT2D eigenvalue weighted by molar-refractivity contribution is -0.117. The van der Waals surface area contributed by atoms with E-state index in [9.17, 15) is 4.79 Å². The first kappa shape index (κ1) is 15.7. The fraction of sp³-hybridized carbons (Fsp3) is 0.857. The van der Waals surface area contributed by atoms with Gasteiger partial charge in [0, 0.05) is 5.54 Å². The molecule has 4 aliphatic carbocycles. The second-order valence-electron chi connectivity index (χ2n) is 10.0. The molecule has 7 atom stereocenters. The Balaban J connectivity index is 1.75. The molecule has 0 aromatic heterocycles. The maximum atomic E-state index is 11.2. The van der Waals surface area contributed by atoms with Crippen molar-refractivity contribution in [1.82, 2.24) is 5.32 Å². The van der Waals surface area contributed by atoms with Crippen LogP contribution < -0.4 is 5.32 Å². The highest BCUT2D eigenvalue weighted by Gasteiger charge is 2.57. The van der Waals surface area contributed by atoms with Gasteiger partial charge in [0.05, 0.1) is 0 Å². The summed E-state index contributed by atoms with van der Waals surface area (Å²) in [4.78, 5) is 11.2. The summed E-state index contributed by atoms with van der Waals surface area (Å²) < 4.78 is 0. The van der Waals surface area contributed by atoms with Crippen molar-refractivity contribution in [3.05, 3.63) is 11.6 Å². The summed E-state index contributed by atoms with van der Waals surface area (Å²) in [5, 5.41) is 3.25. The van der Waals surface area contributed by atoms with E-state index in [4.69, 9.17) is 0 Å². The third-order valence-corrected chi connectivity index (χ3v) is 8.03. The number of nitrogens with one attached hydrogen (secondary N) is 1. The predicted octanol–water partition coefficient (Wildman–Crippen LogP) is 4.56. The molecule has 4 aliphatic rings. The normalized spacial score (nSPS) is 50.5. The Labute approximate surface area is 141 Å². The Kier molecular flexibility index (Phi) is 3.49. The zero-order valence-electron chi connectivity index (χ0n) is 15.3. The van der Waals surface area contributed by atoms with E-state index in [1.165, 1.54) is 38.5 Å². The van der Waals surface area contributed by atoms with Gasteiger partial charge in [-0.2, -0.15) is 0 Å². The Morgan fingerprint density at radius 2 is 2.04 bits per heavy atom. The van der Waals surface area contributed by atoms with Gasteiger partial charge in [0.15, 0.2) is 0 Å². The van der Waals surface area contributed by atoms with Crippen molar-refractivity contribution >= 4 is 6.41 Å². The summed E-state index contributed by atoms with van der Waals surface area (Å²) in [6.07, 6.45) is 11.4. The molecule has 0 radical (unpaired) electrons. The second kappa shape index (κ2) is 5.10. The highest BCUT2D eigenvalue weighted by atomic mass is 16.1. The lowest BCUT2D eigenvalue weighted by Gasteiger charge is -2.62. The van der Waals surface area contributed by atoms with Gasteiger partial charge in [-0.1, -0.05) is 32.4 Å². The van der Waals surface area contributed by atoms with Gasteiger partial charge in [0.25, 0.3) is 0 Å². The minimum atomic E-state index is 0.0308. The Morgan fingerprint density at radius 3 is 2.78 bits per heavy atom. The van der Waals surface area contributed by atoms with Gasteiger partial charge in [-0.3, -0.25) is 4.79 Å². The number of amides is 1.